The number of rotatable bonds is 8. The number of allylic oxidation sites excluding steroid dienone is 1. The van der Waals surface area contributed by atoms with Gasteiger partial charge in [0, 0.05) is 24.5 Å². The Balaban J connectivity index is 2.19. The summed E-state index contributed by atoms with van der Waals surface area (Å²) in [4.78, 5) is 7.90. The zero-order chi connectivity index (χ0) is 12.5. The minimum absolute atomic E-state index is 0.325. The second-order valence-electron chi connectivity index (χ2n) is 4.21. The van der Waals surface area contributed by atoms with Crippen molar-refractivity contribution in [1.29, 1.82) is 0 Å². The van der Waals surface area contributed by atoms with Gasteiger partial charge in [-0.25, -0.2) is 9.97 Å². The second kappa shape index (κ2) is 7.79. The minimum atomic E-state index is 0.325. The lowest BCUT2D eigenvalue weighted by Gasteiger charge is -2.12. The van der Waals surface area contributed by atoms with Gasteiger partial charge >= 0.3 is 0 Å². The Kier molecular flexibility index (Phi) is 6.25. The number of nitrogens with two attached hydrogens (primary N) is 1. The molecule has 1 aromatic heterocycles. The maximum Gasteiger partial charge on any atom is 0.219 e. The zero-order valence-electron chi connectivity index (χ0n) is 10.5. The maximum atomic E-state index is 5.42. The molecule has 0 saturated heterocycles. The first-order valence-electron chi connectivity index (χ1n) is 6.14. The van der Waals surface area contributed by atoms with E-state index in [1.807, 2.05) is 6.08 Å². The fourth-order valence-electron chi connectivity index (χ4n) is 1.72. The molecule has 1 unspecified atom stereocenters. The van der Waals surface area contributed by atoms with Gasteiger partial charge in [-0.15, -0.1) is 6.58 Å². The van der Waals surface area contributed by atoms with E-state index >= 15 is 0 Å². The van der Waals surface area contributed by atoms with E-state index in [9.17, 15) is 0 Å². The SMILES string of the molecule is C=CCC(CC)CCNCc1cnc(N)nc1. The Morgan fingerprint density at radius 1 is 1.47 bits per heavy atom. The van der Waals surface area contributed by atoms with Crippen molar-refractivity contribution in [2.75, 3.05) is 12.3 Å². The van der Waals surface area contributed by atoms with Crippen LogP contribution in [-0.4, -0.2) is 16.5 Å². The normalized spacial score (nSPS) is 12.3. The van der Waals surface area contributed by atoms with E-state index in [1.165, 1.54) is 12.8 Å². The van der Waals surface area contributed by atoms with E-state index in [-0.39, 0.29) is 0 Å². The second-order valence-corrected chi connectivity index (χ2v) is 4.21. The molecule has 0 radical (unpaired) electrons. The summed E-state index contributed by atoms with van der Waals surface area (Å²) in [6.45, 7) is 7.81. The summed E-state index contributed by atoms with van der Waals surface area (Å²) in [5.74, 6) is 1.06. The highest BCUT2D eigenvalue weighted by molar-refractivity contribution is 5.16. The van der Waals surface area contributed by atoms with E-state index in [4.69, 9.17) is 5.73 Å². The molecule has 1 rings (SSSR count). The highest BCUT2D eigenvalue weighted by Crippen LogP contribution is 2.12. The fraction of sp³-hybridized carbons (Fsp3) is 0.538. The van der Waals surface area contributed by atoms with Crippen LogP contribution in [0.5, 0.6) is 0 Å². The van der Waals surface area contributed by atoms with E-state index in [2.05, 4.69) is 28.8 Å². The molecular weight excluding hydrogens is 212 g/mol. The first kappa shape index (κ1) is 13.6. The average molecular weight is 234 g/mol. The van der Waals surface area contributed by atoms with E-state index in [0.29, 0.717) is 5.95 Å². The molecule has 94 valence electrons. The molecule has 0 saturated carbocycles. The molecule has 0 bridgehead atoms. The molecule has 0 spiro atoms. The van der Waals surface area contributed by atoms with Gasteiger partial charge in [-0.05, 0) is 25.3 Å². The van der Waals surface area contributed by atoms with Crippen LogP contribution in [0.25, 0.3) is 0 Å². The molecule has 0 aromatic carbocycles. The van der Waals surface area contributed by atoms with Gasteiger partial charge < -0.3 is 11.1 Å². The van der Waals surface area contributed by atoms with Crippen LogP contribution in [0, 0.1) is 5.92 Å². The first-order chi connectivity index (χ1) is 8.26. The van der Waals surface area contributed by atoms with Crippen molar-refractivity contribution in [2.24, 2.45) is 5.92 Å². The highest BCUT2D eigenvalue weighted by atomic mass is 15.0. The smallest absolute Gasteiger partial charge is 0.219 e. The molecule has 0 amide bonds. The molecule has 4 heteroatoms. The van der Waals surface area contributed by atoms with E-state index in [1.54, 1.807) is 12.4 Å². The molecule has 3 N–H and O–H groups in total. The summed E-state index contributed by atoms with van der Waals surface area (Å²) in [6, 6.07) is 0. The van der Waals surface area contributed by atoms with Crippen LogP contribution in [0.15, 0.2) is 25.0 Å². The average Bonchev–Trinajstić information content (AvgIpc) is 2.35. The molecular formula is C13H22N4. The van der Waals surface area contributed by atoms with Gasteiger partial charge in [-0.1, -0.05) is 19.4 Å². The summed E-state index contributed by atoms with van der Waals surface area (Å²) < 4.78 is 0. The van der Waals surface area contributed by atoms with Crippen molar-refractivity contribution in [3.8, 4) is 0 Å². The summed E-state index contributed by atoms with van der Waals surface area (Å²) >= 11 is 0. The van der Waals surface area contributed by atoms with Crippen LogP contribution in [0.1, 0.15) is 31.7 Å². The number of nitrogens with one attached hydrogen (secondary N) is 1. The number of aromatic nitrogens is 2. The maximum absolute atomic E-state index is 5.42. The number of hydrogen-bond donors (Lipinski definition) is 2. The number of nitrogens with zero attached hydrogens (tertiary/aromatic N) is 2. The summed E-state index contributed by atoms with van der Waals surface area (Å²) in [5.41, 5.74) is 6.49. The van der Waals surface area contributed by atoms with Crippen LogP contribution < -0.4 is 11.1 Å². The topological polar surface area (TPSA) is 63.8 Å². The molecule has 0 aliphatic rings. The first-order valence-corrected chi connectivity index (χ1v) is 6.14. The quantitative estimate of drug-likeness (QED) is 0.534. The molecule has 1 aromatic rings. The minimum Gasteiger partial charge on any atom is -0.368 e. The van der Waals surface area contributed by atoms with Crippen LogP contribution in [0.3, 0.4) is 0 Å². The summed E-state index contributed by atoms with van der Waals surface area (Å²) in [6.07, 6.45) is 9.01. The lowest BCUT2D eigenvalue weighted by Crippen LogP contribution is -2.18. The number of anilines is 1. The van der Waals surface area contributed by atoms with Crippen molar-refractivity contribution in [3.63, 3.8) is 0 Å². The Bertz CT molecular complexity index is 321. The standard InChI is InChI=1S/C13H22N4/c1-3-5-11(4-2)6-7-15-8-12-9-16-13(14)17-10-12/h3,9-11,15H,1,4-8H2,2H3,(H2,14,16,17). The monoisotopic (exact) mass is 234 g/mol. The largest absolute Gasteiger partial charge is 0.368 e. The molecule has 17 heavy (non-hydrogen) atoms. The predicted molar refractivity (Wildman–Crippen MR) is 71.4 cm³/mol. The van der Waals surface area contributed by atoms with Crippen molar-refractivity contribution >= 4 is 5.95 Å². The third-order valence-electron chi connectivity index (χ3n) is 2.86. The third kappa shape index (κ3) is 5.45. The van der Waals surface area contributed by atoms with Crippen molar-refractivity contribution in [1.82, 2.24) is 15.3 Å². The number of nitrogen functional groups attached to an aromatic ring is 1. The fourth-order valence-corrected chi connectivity index (χ4v) is 1.72. The van der Waals surface area contributed by atoms with Gasteiger partial charge in [0.15, 0.2) is 0 Å². The Labute approximate surface area is 103 Å². The molecule has 1 atom stereocenters. The number of hydrogen-bond acceptors (Lipinski definition) is 4. The molecule has 0 aliphatic heterocycles. The summed E-state index contributed by atoms with van der Waals surface area (Å²) in [5, 5.41) is 3.39. The van der Waals surface area contributed by atoms with Crippen LogP contribution in [-0.2, 0) is 6.54 Å². The van der Waals surface area contributed by atoms with Gasteiger partial charge in [0.2, 0.25) is 5.95 Å². The Morgan fingerprint density at radius 2 is 2.18 bits per heavy atom. The van der Waals surface area contributed by atoms with Crippen molar-refractivity contribution in [2.45, 2.75) is 32.7 Å². The molecule has 0 aliphatic carbocycles. The molecule has 1 heterocycles. The highest BCUT2D eigenvalue weighted by Gasteiger charge is 2.03. The zero-order valence-corrected chi connectivity index (χ0v) is 10.5. The molecule has 0 fully saturated rings. The lowest BCUT2D eigenvalue weighted by molar-refractivity contribution is 0.455. The van der Waals surface area contributed by atoms with Gasteiger partial charge in [-0.3, -0.25) is 0 Å². The van der Waals surface area contributed by atoms with Crippen LogP contribution in [0.2, 0.25) is 0 Å². The van der Waals surface area contributed by atoms with Gasteiger partial charge in [0.05, 0.1) is 0 Å². The van der Waals surface area contributed by atoms with Gasteiger partial charge in [-0.2, -0.15) is 0 Å². The van der Waals surface area contributed by atoms with Gasteiger partial charge in [0.1, 0.15) is 0 Å². The van der Waals surface area contributed by atoms with Gasteiger partial charge in [0.25, 0.3) is 0 Å². The Morgan fingerprint density at radius 3 is 2.76 bits per heavy atom. The van der Waals surface area contributed by atoms with E-state index in [0.717, 1.165) is 31.0 Å². The lowest BCUT2D eigenvalue weighted by atomic mass is 9.99. The predicted octanol–water partition coefficient (Wildman–Crippen LogP) is 2.14. The molecule has 4 nitrogen and oxygen atoms in total. The van der Waals surface area contributed by atoms with Crippen molar-refractivity contribution in [3.05, 3.63) is 30.6 Å². The van der Waals surface area contributed by atoms with E-state index < -0.39 is 0 Å². The Hall–Kier alpha value is -1.42. The van der Waals surface area contributed by atoms with Crippen molar-refractivity contribution < 1.29 is 0 Å². The van der Waals surface area contributed by atoms with Crippen LogP contribution >= 0.6 is 0 Å². The summed E-state index contributed by atoms with van der Waals surface area (Å²) in [7, 11) is 0. The third-order valence-corrected chi connectivity index (χ3v) is 2.86. The van der Waals surface area contributed by atoms with Crippen LogP contribution in [0.4, 0.5) is 5.95 Å².